The molecule has 252 valence electrons. The first-order valence-corrected chi connectivity index (χ1v) is 18.1. The lowest BCUT2D eigenvalue weighted by molar-refractivity contribution is -0.140. The third-order valence-corrected chi connectivity index (χ3v) is 10.7. The van der Waals surface area contributed by atoms with Crippen LogP contribution in [0.15, 0.2) is 108 Å². The Morgan fingerprint density at radius 2 is 1.50 bits per heavy atom. The molecule has 0 heterocycles. The molecule has 1 atom stereocenters. The van der Waals surface area contributed by atoms with Gasteiger partial charge in [-0.15, -0.1) is 0 Å². The van der Waals surface area contributed by atoms with E-state index in [1.54, 1.807) is 53.4 Å². The summed E-state index contributed by atoms with van der Waals surface area (Å²) in [5.74, 6) is -0.125. The largest absolute Gasteiger partial charge is 0.494 e. The summed E-state index contributed by atoms with van der Waals surface area (Å²) in [7, 11) is -4.18. The van der Waals surface area contributed by atoms with Gasteiger partial charge in [-0.1, -0.05) is 85.1 Å². The number of rotatable bonds is 14. The van der Waals surface area contributed by atoms with Crippen LogP contribution in [0.5, 0.6) is 5.75 Å². The first-order chi connectivity index (χ1) is 23.2. The lowest BCUT2D eigenvalue weighted by atomic mass is 10.0. The van der Waals surface area contributed by atoms with E-state index in [2.05, 4.69) is 5.32 Å². The van der Waals surface area contributed by atoms with Crippen molar-refractivity contribution >= 4 is 27.5 Å². The highest BCUT2D eigenvalue weighted by Gasteiger charge is 2.35. The van der Waals surface area contributed by atoms with Crippen molar-refractivity contribution in [1.82, 2.24) is 10.2 Å². The van der Waals surface area contributed by atoms with Gasteiger partial charge in [0.15, 0.2) is 0 Å². The van der Waals surface area contributed by atoms with Crippen molar-refractivity contribution < 1.29 is 22.7 Å². The van der Waals surface area contributed by atoms with Crippen molar-refractivity contribution in [2.24, 2.45) is 0 Å². The molecular formula is C39H45N3O5S. The second kappa shape index (κ2) is 16.0. The molecule has 0 aliphatic heterocycles. The van der Waals surface area contributed by atoms with Crippen molar-refractivity contribution in [2.75, 3.05) is 17.5 Å². The average Bonchev–Trinajstić information content (AvgIpc) is 3.60. The van der Waals surface area contributed by atoms with E-state index in [9.17, 15) is 18.0 Å². The highest BCUT2D eigenvalue weighted by molar-refractivity contribution is 7.92. The number of sulfonamides is 1. The number of carbonyl (C=O) groups excluding carboxylic acids is 2. The fourth-order valence-corrected chi connectivity index (χ4v) is 7.55. The van der Waals surface area contributed by atoms with Crippen molar-refractivity contribution in [1.29, 1.82) is 0 Å². The van der Waals surface area contributed by atoms with Crippen LogP contribution >= 0.6 is 0 Å². The number of nitrogens with zero attached hydrogens (tertiary/aromatic N) is 2. The molecule has 1 saturated carbocycles. The maximum Gasteiger partial charge on any atom is 0.264 e. The van der Waals surface area contributed by atoms with Gasteiger partial charge in [0.05, 0.1) is 17.2 Å². The van der Waals surface area contributed by atoms with Crippen LogP contribution in [0.1, 0.15) is 54.9 Å². The summed E-state index contributed by atoms with van der Waals surface area (Å²) in [5.41, 5.74) is 3.99. The number of amides is 2. The Hall–Kier alpha value is -4.63. The summed E-state index contributed by atoms with van der Waals surface area (Å²) in [6.07, 6.45) is 4.18. The van der Waals surface area contributed by atoms with Crippen LogP contribution in [0.25, 0.3) is 0 Å². The van der Waals surface area contributed by atoms with E-state index < -0.39 is 28.5 Å². The minimum Gasteiger partial charge on any atom is -0.494 e. The SMILES string of the molecule is CCOc1ccc(N(CC(=O)N(Cc2ccccc2C)C(Cc2ccccc2)C(=O)NC2CCCC2)S(=O)(=O)c2ccc(C)cc2)cc1. The predicted octanol–water partition coefficient (Wildman–Crippen LogP) is 6.60. The lowest BCUT2D eigenvalue weighted by Gasteiger charge is -2.34. The van der Waals surface area contributed by atoms with E-state index in [1.165, 1.54) is 0 Å². The molecule has 0 aromatic heterocycles. The Morgan fingerprint density at radius 1 is 0.854 bits per heavy atom. The molecule has 1 N–H and O–H groups in total. The van der Waals surface area contributed by atoms with E-state index >= 15 is 0 Å². The first kappa shape index (κ1) is 34.7. The Kier molecular flexibility index (Phi) is 11.5. The van der Waals surface area contributed by atoms with Crippen molar-refractivity contribution in [3.63, 3.8) is 0 Å². The van der Waals surface area contributed by atoms with Crippen molar-refractivity contribution in [3.05, 3.63) is 125 Å². The molecule has 0 spiro atoms. The molecular weight excluding hydrogens is 623 g/mol. The van der Waals surface area contributed by atoms with Crippen LogP contribution in [0.2, 0.25) is 0 Å². The van der Waals surface area contributed by atoms with Gasteiger partial charge in [0.2, 0.25) is 11.8 Å². The van der Waals surface area contributed by atoms with Crippen molar-refractivity contribution in [2.45, 2.75) is 76.4 Å². The molecule has 4 aromatic rings. The molecule has 0 bridgehead atoms. The monoisotopic (exact) mass is 667 g/mol. The molecule has 5 rings (SSSR count). The molecule has 1 fully saturated rings. The zero-order valence-electron chi connectivity index (χ0n) is 28.0. The van der Waals surface area contributed by atoms with Gasteiger partial charge in [0.1, 0.15) is 18.3 Å². The number of aryl methyl sites for hydroxylation is 2. The number of nitrogens with one attached hydrogen (secondary N) is 1. The fourth-order valence-electron chi connectivity index (χ4n) is 6.13. The van der Waals surface area contributed by atoms with Crippen LogP contribution in [0, 0.1) is 13.8 Å². The third-order valence-electron chi connectivity index (χ3n) is 8.90. The highest BCUT2D eigenvalue weighted by atomic mass is 32.2. The maximum atomic E-state index is 14.7. The molecule has 8 nitrogen and oxygen atoms in total. The molecule has 9 heteroatoms. The van der Waals surface area contributed by atoms with Gasteiger partial charge in [-0.05, 0) is 86.7 Å². The summed E-state index contributed by atoms with van der Waals surface area (Å²) in [6, 6.07) is 29.8. The Morgan fingerprint density at radius 3 is 2.15 bits per heavy atom. The van der Waals surface area contributed by atoms with Crippen LogP contribution < -0.4 is 14.4 Å². The topological polar surface area (TPSA) is 96.0 Å². The second-order valence-electron chi connectivity index (χ2n) is 12.4. The van der Waals surface area contributed by atoms with Gasteiger partial charge < -0.3 is 15.0 Å². The molecule has 4 aromatic carbocycles. The Labute approximate surface area is 284 Å². The van der Waals surface area contributed by atoms with E-state index in [1.807, 2.05) is 75.4 Å². The number of carbonyl (C=O) groups is 2. The van der Waals surface area contributed by atoms with Gasteiger partial charge in [0, 0.05) is 19.0 Å². The smallest absolute Gasteiger partial charge is 0.264 e. The minimum atomic E-state index is -4.18. The molecule has 1 unspecified atom stereocenters. The summed E-state index contributed by atoms with van der Waals surface area (Å²) in [6.45, 7) is 5.83. The number of hydrogen-bond donors (Lipinski definition) is 1. The van der Waals surface area contributed by atoms with Crippen LogP contribution in [0.3, 0.4) is 0 Å². The normalized spacial score (nSPS) is 13.9. The quantitative estimate of drug-likeness (QED) is 0.164. The molecule has 48 heavy (non-hydrogen) atoms. The second-order valence-corrected chi connectivity index (χ2v) is 14.3. The van der Waals surface area contributed by atoms with Gasteiger partial charge in [-0.3, -0.25) is 13.9 Å². The van der Waals surface area contributed by atoms with Crippen LogP contribution in [0.4, 0.5) is 5.69 Å². The zero-order valence-corrected chi connectivity index (χ0v) is 28.8. The van der Waals surface area contributed by atoms with Crippen LogP contribution in [-0.2, 0) is 32.6 Å². The van der Waals surface area contributed by atoms with E-state index in [-0.39, 0.29) is 29.8 Å². The van der Waals surface area contributed by atoms with E-state index in [4.69, 9.17) is 4.74 Å². The van der Waals surface area contributed by atoms with Crippen molar-refractivity contribution in [3.8, 4) is 5.75 Å². The Balaban J connectivity index is 1.57. The van der Waals surface area contributed by atoms with Gasteiger partial charge in [0.25, 0.3) is 10.0 Å². The summed E-state index contributed by atoms with van der Waals surface area (Å²) >= 11 is 0. The number of anilines is 1. The summed E-state index contributed by atoms with van der Waals surface area (Å²) in [4.78, 5) is 30.5. The maximum absolute atomic E-state index is 14.7. The van der Waals surface area contributed by atoms with Gasteiger partial charge in [-0.2, -0.15) is 0 Å². The van der Waals surface area contributed by atoms with Gasteiger partial charge in [-0.25, -0.2) is 8.42 Å². The lowest BCUT2D eigenvalue weighted by Crippen LogP contribution is -2.54. The van der Waals surface area contributed by atoms with E-state index in [0.29, 0.717) is 18.0 Å². The molecule has 0 radical (unpaired) electrons. The number of ether oxygens (including phenoxy) is 1. The van der Waals surface area contributed by atoms with E-state index in [0.717, 1.165) is 52.2 Å². The number of hydrogen-bond acceptors (Lipinski definition) is 5. The van der Waals surface area contributed by atoms with Gasteiger partial charge >= 0.3 is 0 Å². The third kappa shape index (κ3) is 8.63. The molecule has 2 amide bonds. The molecule has 1 aliphatic rings. The highest BCUT2D eigenvalue weighted by Crippen LogP contribution is 2.28. The average molecular weight is 668 g/mol. The first-order valence-electron chi connectivity index (χ1n) is 16.7. The minimum absolute atomic E-state index is 0.0495. The number of benzene rings is 4. The summed E-state index contributed by atoms with van der Waals surface area (Å²) < 4.78 is 35.3. The Bertz CT molecular complexity index is 1770. The predicted molar refractivity (Wildman–Crippen MR) is 189 cm³/mol. The summed E-state index contributed by atoms with van der Waals surface area (Å²) in [5, 5.41) is 3.22. The molecule has 0 saturated heterocycles. The molecule has 1 aliphatic carbocycles. The zero-order chi connectivity index (χ0) is 34.1. The van der Waals surface area contributed by atoms with Crippen LogP contribution in [-0.4, -0.2) is 50.4 Å². The standard InChI is InChI=1S/C39H45N3O5S/c1-4-47-35-22-20-34(21-23-35)42(48(45,46)36-24-18-29(2)19-25-36)28-38(43)41(27-32-15-9-8-12-30(32)3)37(26-31-13-6-5-7-14-31)39(44)40-33-16-10-11-17-33/h5-9,12-15,18-25,33,37H,4,10-11,16-17,26-28H2,1-3H3,(H,40,44). The fraction of sp³-hybridized carbons (Fsp3) is 0.333.